The standard InChI is InChI=1S/C12H17NO/c1-3-4-9-14-12-8-6-5-7-11(12)10(2)13/h3,5-8,10H,1,4,9,13H2,2H3. The lowest BCUT2D eigenvalue weighted by atomic mass is 10.1. The van der Waals surface area contributed by atoms with Gasteiger partial charge in [-0.3, -0.25) is 0 Å². The first-order valence-electron chi connectivity index (χ1n) is 4.84. The smallest absolute Gasteiger partial charge is 0.124 e. The molecule has 0 aliphatic heterocycles. The zero-order valence-corrected chi connectivity index (χ0v) is 8.57. The fourth-order valence-electron chi connectivity index (χ4n) is 1.24. The Kier molecular flexibility index (Phi) is 4.20. The molecule has 0 aromatic heterocycles. The molecule has 0 bridgehead atoms. The number of hydrogen-bond acceptors (Lipinski definition) is 2. The Morgan fingerprint density at radius 3 is 2.86 bits per heavy atom. The van der Waals surface area contributed by atoms with Crippen LogP contribution in [0.4, 0.5) is 0 Å². The van der Waals surface area contributed by atoms with Crippen molar-refractivity contribution in [2.75, 3.05) is 6.61 Å². The third kappa shape index (κ3) is 2.89. The Balaban J connectivity index is 2.69. The Bertz CT molecular complexity index is 294. The van der Waals surface area contributed by atoms with Crippen LogP contribution in [0.3, 0.4) is 0 Å². The van der Waals surface area contributed by atoms with Crippen molar-refractivity contribution in [2.45, 2.75) is 19.4 Å². The summed E-state index contributed by atoms with van der Waals surface area (Å²) in [4.78, 5) is 0. The molecule has 2 nitrogen and oxygen atoms in total. The maximum absolute atomic E-state index is 5.82. The van der Waals surface area contributed by atoms with E-state index in [1.165, 1.54) is 0 Å². The Morgan fingerprint density at radius 2 is 2.21 bits per heavy atom. The molecule has 0 spiro atoms. The van der Waals surface area contributed by atoms with Gasteiger partial charge in [-0.1, -0.05) is 24.3 Å². The second kappa shape index (κ2) is 5.45. The molecular formula is C12H17NO. The molecule has 0 radical (unpaired) electrons. The van der Waals surface area contributed by atoms with Crippen molar-refractivity contribution in [3.8, 4) is 5.75 Å². The molecule has 0 heterocycles. The third-order valence-electron chi connectivity index (χ3n) is 1.99. The molecule has 0 saturated heterocycles. The van der Waals surface area contributed by atoms with Crippen LogP contribution in [0.1, 0.15) is 24.9 Å². The fourth-order valence-corrected chi connectivity index (χ4v) is 1.24. The molecule has 14 heavy (non-hydrogen) atoms. The van der Waals surface area contributed by atoms with Crippen molar-refractivity contribution in [1.29, 1.82) is 0 Å². The minimum Gasteiger partial charge on any atom is -0.493 e. The van der Waals surface area contributed by atoms with Gasteiger partial charge in [0.2, 0.25) is 0 Å². The van der Waals surface area contributed by atoms with Gasteiger partial charge in [0.25, 0.3) is 0 Å². The van der Waals surface area contributed by atoms with Crippen LogP contribution >= 0.6 is 0 Å². The number of rotatable bonds is 5. The summed E-state index contributed by atoms with van der Waals surface area (Å²) in [5, 5.41) is 0. The summed E-state index contributed by atoms with van der Waals surface area (Å²) < 4.78 is 5.59. The summed E-state index contributed by atoms with van der Waals surface area (Å²) in [7, 11) is 0. The summed E-state index contributed by atoms with van der Waals surface area (Å²) in [6, 6.07) is 7.87. The predicted molar refractivity (Wildman–Crippen MR) is 59.4 cm³/mol. The van der Waals surface area contributed by atoms with Gasteiger partial charge in [-0.2, -0.15) is 0 Å². The minimum absolute atomic E-state index is 0.00920. The van der Waals surface area contributed by atoms with Gasteiger partial charge >= 0.3 is 0 Å². The molecule has 1 unspecified atom stereocenters. The van der Waals surface area contributed by atoms with Crippen LogP contribution in [0.25, 0.3) is 0 Å². The van der Waals surface area contributed by atoms with Crippen LogP contribution < -0.4 is 10.5 Å². The van der Waals surface area contributed by atoms with E-state index in [-0.39, 0.29) is 6.04 Å². The van der Waals surface area contributed by atoms with Gasteiger partial charge in [-0.05, 0) is 19.4 Å². The quantitative estimate of drug-likeness (QED) is 0.573. The summed E-state index contributed by atoms with van der Waals surface area (Å²) in [6.45, 7) is 6.26. The van der Waals surface area contributed by atoms with Gasteiger partial charge in [-0.25, -0.2) is 0 Å². The molecule has 0 fully saturated rings. The fraction of sp³-hybridized carbons (Fsp3) is 0.333. The highest BCUT2D eigenvalue weighted by molar-refractivity contribution is 5.35. The Hall–Kier alpha value is -1.28. The molecule has 0 saturated carbocycles. The largest absolute Gasteiger partial charge is 0.493 e. The van der Waals surface area contributed by atoms with Gasteiger partial charge in [0.15, 0.2) is 0 Å². The van der Waals surface area contributed by atoms with Gasteiger partial charge < -0.3 is 10.5 Å². The first kappa shape index (κ1) is 10.8. The topological polar surface area (TPSA) is 35.2 Å². The highest BCUT2D eigenvalue weighted by Gasteiger charge is 2.05. The monoisotopic (exact) mass is 191 g/mol. The minimum atomic E-state index is 0.00920. The highest BCUT2D eigenvalue weighted by Crippen LogP contribution is 2.23. The SMILES string of the molecule is C=CCCOc1ccccc1C(C)N. The molecule has 2 heteroatoms. The predicted octanol–water partition coefficient (Wildman–Crippen LogP) is 2.66. The number of ether oxygens (including phenoxy) is 1. The van der Waals surface area contributed by atoms with Gasteiger partial charge in [0, 0.05) is 11.6 Å². The van der Waals surface area contributed by atoms with Crippen LogP contribution in [-0.4, -0.2) is 6.61 Å². The van der Waals surface area contributed by atoms with E-state index in [9.17, 15) is 0 Å². The van der Waals surface area contributed by atoms with E-state index in [0.717, 1.165) is 17.7 Å². The van der Waals surface area contributed by atoms with Crippen LogP contribution in [0.2, 0.25) is 0 Å². The van der Waals surface area contributed by atoms with Gasteiger partial charge in [-0.15, -0.1) is 6.58 Å². The summed E-state index contributed by atoms with van der Waals surface area (Å²) >= 11 is 0. The van der Waals surface area contributed by atoms with E-state index in [0.29, 0.717) is 6.61 Å². The van der Waals surface area contributed by atoms with Crippen molar-refractivity contribution in [3.05, 3.63) is 42.5 Å². The zero-order chi connectivity index (χ0) is 10.4. The number of para-hydroxylation sites is 1. The maximum atomic E-state index is 5.82. The van der Waals surface area contributed by atoms with Crippen LogP contribution in [0, 0.1) is 0 Å². The molecule has 0 aliphatic rings. The average Bonchev–Trinajstić information content (AvgIpc) is 2.19. The Labute approximate surface area is 85.4 Å². The zero-order valence-electron chi connectivity index (χ0n) is 8.57. The van der Waals surface area contributed by atoms with E-state index < -0.39 is 0 Å². The van der Waals surface area contributed by atoms with E-state index in [1.807, 2.05) is 37.3 Å². The first-order valence-corrected chi connectivity index (χ1v) is 4.84. The normalized spacial score (nSPS) is 12.1. The average molecular weight is 191 g/mol. The van der Waals surface area contributed by atoms with Crippen molar-refractivity contribution in [3.63, 3.8) is 0 Å². The molecule has 76 valence electrons. The molecule has 1 aromatic rings. The summed E-state index contributed by atoms with van der Waals surface area (Å²) in [6.07, 6.45) is 2.70. The molecular weight excluding hydrogens is 174 g/mol. The van der Waals surface area contributed by atoms with Crippen molar-refractivity contribution in [1.82, 2.24) is 0 Å². The van der Waals surface area contributed by atoms with E-state index in [2.05, 4.69) is 6.58 Å². The molecule has 1 atom stereocenters. The highest BCUT2D eigenvalue weighted by atomic mass is 16.5. The third-order valence-corrected chi connectivity index (χ3v) is 1.99. The van der Waals surface area contributed by atoms with Gasteiger partial charge in [0.1, 0.15) is 5.75 Å². The lowest BCUT2D eigenvalue weighted by Crippen LogP contribution is -2.08. The first-order chi connectivity index (χ1) is 6.75. The van der Waals surface area contributed by atoms with E-state index in [4.69, 9.17) is 10.5 Å². The molecule has 1 rings (SSSR count). The van der Waals surface area contributed by atoms with Crippen molar-refractivity contribution < 1.29 is 4.74 Å². The second-order valence-electron chi connectivity index (χ2n) is 3.25. The van der Waals surface area contributed by atoms with Crippen LogP contribution in [0.15, 0.2) is 36.9 Å². The summed E-state index contributed by atoms with van der Waals surface area (Å²) in [5.74, 6) is 0.879. The van der Waals surface area contributed by atoms with Gasteiger partial charge in [0.05, 0.1) is 6.61 Å². The van der Waals surface area contributed by atoms with Crippen LogP contribution in [-0.2, 0) is 0 Å². The lowest BCUT2D eigenvalue weighted by Gasteiger charge is -2.12. The Morgan fingerprint density at radius 1 is 1.50 bits per heavy atom. The second-order valence-corrected chi connectivity index (χ2v) is 3.25. The molecule has 2 N–H and O–H groups in total. The molecule has 0 amide bonds. The molecule has 0 aliphatic carbocycles. The maximum Gasteiger partial charge on any atom is 0.124 e. The van der Waals surface area contributed by atoms with Crippen molar-refractivity contribution >= 4 is 0 Å². The molecule has 1 aromatic carbocycles. The van der Waals surface area contributed by atoms with Crippen molar-refractivity contribution in [2.24, 2.45) is 5.73 Å². The van der Waals surface area contributed by atoms with E-state index in [1.54, 1.807) is 0 Å². The van der Waals surface area contributed by atoms with E-state index >= 15 is 0 Å². The lowest BCUT2D eigenvalue weighted by molar-refractivity contribution is 0.320. The number of nitrogens with two attached hydrogens (primary N) is 1. The summed E-state index contributed by atoms with van der Waals surface area (Å²) in [5.41, 5.74) is 6.87. The van der Waals surface area contributed by atoms with Crippen LogP contribution in [0.5, 0.6) is 5.75 Å². The number of benzene rings is 1. The number of hydrogen-bond donors (Lipinski definition) is 1.